The highest BCUT2D eigenvalue weighted by Crippen LogP contribution is 2.22. The zero-order valence-electron chi connectivity index (χ0n) is 11.9. The van der Waals surface area contributed by atoms with Crippen molar-refractivity contribution in [1.29, 1.82) is 0 Å². The molecule has 2 unspecified atom stereocenters. The van der Waals surface area contributed by atoms with Crippen LogP contribution in [0.1, 0.15) is 18.9 Å². The Kier molecular flexibility index (Phi) is 5.67. The lowest BCUT2D eigenvalue weighted by atomic mass is 10.1. The van der Waals surface area contributed by atoms with Crippen LogP contribution in [0.4, 0.5) is 0 Å². The molecule has 0 saturated heterocycles. The number of benzene rings is 1. The highest BCUT2D eigenvalue weighted by molar-refractivity contribution is 7.09. The highest BCUT2D eigenvalue weighted by atomic mass is 32.1. The van der Waals surface area contributed by atoms with Gasteiger partial charge in [-0.05, 0) is 13.8 Å². The van der Waals surface area contributed by atoms with Gasteiger partial charge in [-0.3, -0.25) is 11.3 Å². The van der Waals surface area contributed by atoms with Gasteiger partial charge in [0.1, 0.15) is 0 Å². The molecule has 0 radical (unpaired) electrons. The normalized spacial score (nSPS) is 14.2. The fraction of sp³-hybridized carbons (Fsp3) is 0.400. The van der Waals surface area contributed by atoms with Gasteiger partial charge in [0, 0.05) is 24.0 Å². The summed E-state index contributed by atoms with van der Waals surface area (Å²) in [6.07, 6.45) is 0.837. The molecule has 2 rings (SSSR count). The second-order valence-electron chi connectivity index (χ2n) is 4.63. The number of hydrogen-bond donors (Lipinski definition) is 2. The van der Waals surface area contributed by atoms with E-state index in [0.29, 0.717) is 6.61 Å². The zero-order valence-corrected chi connectivity index (χ0v) is 12.7. The van der Waals surface area contributed by atoms with Crippen LogP contribution in [0, 0.1) is 0 Å². The Hall–Kier alpha value is -1.27. The number of rotatable bonds is 7. The Morgan fingerprint density at radius 1 is 1.35 bits per heavy atom. The number of aromatic nitrogens is 1. The predicted octanol–water partition coefficient (Wildman–Crippen LogP) is 2.61. The SMILES string of the molecule is CCOC(C)C(Cc1nc(-c2ccccc2)cs1)NN. The van der Waals surface area contributed by atoms with Gasteiger partial charge in [-0.2, -0.15) is 0 Å². The quantitative estimate of drug-likeness (QED) is 0.608. The van der Waals surface area contributed by atoms with Gasteiger partial charge < -0.3 is 4.74 Å². The van der Waals surface area contributed by atoms with E-state index in [1.54, 1.807) is 11.3 Å². The van der Waals surface area contributed by atoms with Crippen molar-refractivity contribution in [3.63, 3.8) is 0 Å². The molecule has 0 aliphatic rings. The van der Waals surface area contributed by atoms with Crippen molar-refractivity contribution in [1.82, 2.24) is 10.4 Å². The average molecular weight is 291 g/mol. The first-order valence-electron chi connectivity index (χ1n) is 6.82. The van der Waals surface area contributed by atoms with Crippen molar-refractivity contribution in [2.75, 3.05) is 6.61 Å². The molecule has 0 saturated carbocycles. The molecule has 0 aliphatic heterocycles. The van der Waals surface area contributed by atoms with Crippen LogP contribution in [0.25, 0.3) is 11.3 Å². The third-order valence-electron chi connectivity index (χ3n) is 3.23. The number of hydrazine groups is 1. The van der Waals surface area contributed by atoms with Crippen molar-refractivity contribution in [3.8, 4) is 11.3 Å². The molecular weight excluding hydrogens is 270 g/mol. The molecule has 0 spiro atoms. The Labute approximate surface area is 124 Å². The van der Waals surface area contributed by atoms with E-state index in [9.17, 15) is 0 Å². The second-order valence-corrected chi connectivity index (χ2v) is 5.57. The van der Waals surface area contributed by atoms with Crippen LogP contribution in [0.15, 0.2) is 35.7 Å². The van der Waals surface area contributed by atoms with Crippen molar-refractivity contribution < 1.29 is 4.74 Å². The van der Waals surface area contributed by atoms with E-state index < -0.39 is 0 Å². The Morgan fingerprint density at radius 2 is 2.10 bits per heavy atom. The van der Waals surface area contributed by atoms with E-state index in [-0.39, 0.29) is 12.1 Å². The minimum absolute atomic E-state index is 0.0640. The summed E-state index contributed by atoms with van der Waals surface area (Å²) in [5, 5.41) is 3.15. The smallest absolute Gasteiger partial charge is 0.0949 e. The maximum atomic E-state index is 5.62. The standard InChI is InChI=1S/C15H21N3OS/c1-3-19-11(2)13(18-16)9-15-17-14(10-20-15)12-7-5-4-6-8-12/h4-8,10-11,13,18H,3,9,16H2,1-2H3. The molecule has 1 aromatic heterocycles. The number of ether oxygens (including phenoxy) is 1. The van der Waals surface area contributed by atoms with Crippen LogP contribution in [0.5, 0.6) is 0 Å². The van der Waals surface area contributed by atoms with E-state index in [4.69, 9.17) is 10.6 Å². The minimum atomic E-state index is 0.0640. The topological polar surface area (TPSA) is 60.2 Å². The summed E-state index contributed by atoms with van der Waals surface area (Å²) in [5.74, 6) is 5.62. The van der Waals surface area contributed by atoms with E-state index >= 15 is 0 Å². The summed E-state index contributed by atoms with van der Waals surface area (Å²) in [4.78, 5) is 4.68. The monoisotopic (exact) mass is 291 g/mol. The molecule has 0 aliphatic carbocycles. The van der Waals surface area contributed by atoms with Gasteiger partial charge in [0.2, 0.25) is 0 Å². The summed E-state index contributed by atoms with van der Waals surface area (Å²) in [6, 6.07) is 10.3. The van der Waals surface area contributed by atoms with Crippen molar-refractivity contribution in [2.24, 2.45) is 5.84 Å². The molecular formula is C15H21N3OS. The first-order valence-corrected chi connectivity index (χ1v) is 7.70. The van der Waals surface area contributed by atoms with E-state index in [0.717, 1.165) is 22.7 Å². The Balaban J connectivity index is 2.05. The summed E-state index contributed by atoms with van der Waals surface area (Å²) in [5.41, 5.74) is 4.99. The van der Waals surface area contributed by atoms with Crippen LogP contribution in [0.3, 0.4) is 0 Å². The van der Waals surface area contributed by atoms with Gasteiger partial charge in [0.05, 0.1) is 22.8 Å². The van der Waals surface area contributed by atoms with E-state index in [1.165, 1.54) is 0 Å². The largest absolute Gasteiger partial charge is 0.377 e. The number of hydrogen-bond acceptors (Lipinski definition) is 5. The van der Waals surface area contributed by atoms with Crippen molar-refractivity contribution in [2.45, 2.75) is 32.4 Å². The van der Waals surface area contributed by atoms with Crippen LogP contribution < -0.4 is 11.3 Å². The number of thiazole rings is 1. The minimum Gasteiger partial charge on any atom is -0.377 e. The zero-order chi connectivity index (χ0) is 14.4. The molecule has 0 bridgehead atoms. The summed E-state index contributed by atoms with van der Waals surface area (Å²) >= 11 is 1.66. The molecule has 1 heterocycles. The van der Waals surface area contributed by atoms with Crippen LogP contribution in [-0.4, -0.2) is 23.7 Å². The third kappa shape index (κ3) is 3.86. The highest BCUT2D eigenvalue weighted by Gasteiger charge is 2.18. The van der Waals surface area contributed by atoms with E-state index in [2.05, 4.69) is 27.9 Å². The van der Waals surface area contributed by atoms with Crippen LogP contribution >= 0.6 is 11.3 Å². The molecule has 108 valence electrons. The van der Waals surface area contributed by atoms with Gasteiger partial charge in [-0.25, -0.2) is 4.98 Å². The lowest BCUT2D eigenvalue weighted by Gasteiger charge is -2.22. The lowest BCUT2D eigenvalue weighted by Crippen LogP contribution is -2.45. The first-order chi connectivity index (χ1) is 9.74. The molecule has 2 aromatic rings. The maximum absolute atomic E-state index is 5.62. The predicted molar refractivity (Wildman–Crippen MR) is 83.5 cm³/mol. The molecule has 0 fully saturated rings. The van der Waals surface area contributed by atoms with Crippen molar-refractivity contribution in [3.05, 3.63) is 40.7 Å². The maximum Gasteiger partial charge on any atom is 0.0949 e. The molecule has 4 nitrogen and oxygen atoms in total. The molecule has 5 heteroatoms. The molecule has 0 amide bonds. The van der Waals surface area contributed by atoms with Gasteiger partial charge in [-0.1, -0.05) is 30.3 Å². The Morgan fingerprint density at radius 3 is 2.75 bits per heavy atom. The summed E-state index contributed by atoms with van der Waals surface area (Å²) in [6.45, 7) is 4.70. The fourth-order valence-corrected chi connectivity index (χ4v) is 2.94. The second kappa shape index (κ2) is 7.50. The molecule has 3 N–H and O–H groups in total. The van der Waals surface area contributed by atoms with Crippen LogP contribution in [-0.2, 0) is 11.2 Å². The van der Waals surface area contributed by atoms with Gasteiger partial charge >= 0.3 is 0 Å². The Bertz CT molecular complexity index is 515. The molecule has 20 heavy (non-hydrogen) atoms. The number of nitrogens with two attached hydrogens (primary N) is 1. The van der Waals surface area contributed by atoms with Crippen LogP contribution in [0.2, 0.25) is 0 Å². The molecule has 2 atom stereocenters. The first kappa shape index (κ1) is 15.1. The lowest BCUT2D eigenvalue weighted by molar-refractivity contribution is 0.0476. The molecule has 1 aromatic carbocycles. The number of nitrogens with one attached hydrogen (secondary N) is 1. The fourth-order valence-electron chi connectivity index (χ4n) is 2.07. The summed E-state index contributed by atoms with van der Waals surface area (Å²) < 4.78 is 5.59. The average Bonchev–Trinajstić information content (AvgIpc) is 2.94. The number of nitrogens with zero attached hydrogens (tertiary/aromatic N) is 1. The third-order valence-corrected chi connectivity index (χ3v) is 4.10. The van der Waals surface area contributed by atoms with Gasteiger partial charge in [0.25, 0.3) is 0 Å². The van der Waals surface area contributed by atoms with Gasteiger partial charge in [0.15, 0.2) is 0 Å². The van der Waals surface area contributed by atoms with Gasteiger partial charge in [-0.15, -0.1) is 11.3 Å². The van der Waals surface area contributed by atoms with E-state index in [1.807, 2.05) is 32.0 Å². The van der Waals surface area contributed by atoms with Crippen molar-refractivity contribution >= 4 is 11.3 Å². The summed E-state index contributed by atoms with van der Waals surface area (Å²) in [7, 11) is 0.